The first-order valence-electron chi connectivity index (χ1n) is 8.04. The van der Waals surface area contributed by atoms with Gasteiger partial charge in [0.15, 0.2) is 5.96 Å². The number of nitrogens with zero attached hydrogens (tertiary/aromatic N) is 2. The number of hydrogen-bond donors (Lipinski definition) is 2. The molecule has 0 aromatic heterocycles. The Morgan fingerprint density at radius 1 is 1.35 bits per heavy atom. The van der Waals surface area contributed by atoms with Crippen LogP contribution in [0.5, 0.6) is 5.75 Å². The van der Waals surface area contributed by atoms with Crippen LogP contribution in [-0.2, 0) is 6.54 Å². The average Bonchev–Trinajstić information content (AvgIpc) is 2.56. The second kappa shape index (κ2) is 10.7. The molecule has 5 heteroatoms. The lowest BCUT2D eigenvalue weighted by molar-refractivity contribution is 0.278. The molecule has 5 nitrogen and oxygen atoms in total. The summed E-state index contributed by atoms with van der Waals surface area (Å²) < 4.78 is 5.67. The molecule has 1 aromatic rings. The van der Waals surface area contributed by atoms with Gasteiger partial charge in [-0.2, -0.15) is 0 Å². The molecular formula is C18H30N4O. The van der Waals surface area contributed by atoms with Gasteiger partial charge in [0, 0.05) is 38.3 Å². The average molecular weight is 318 g/mol. The van der Waals surface area contributed by atoms with Crippen molar-refractivity contribution in [2.45, 2.75) is 26.4 Å². The molecule has 128 valence electrons. The SMILES string of the molecule is C=CCOc1ccccc1CNC(=NC)NCCN(C)C(C)C. The molecule has 23 heavy (non-hydrogen) atoms. The van der Waals surface area contributed by atoms with Gasteiger partial charge in [-0.05, 0) is 27.0 Å². The summed E-state index contributed by atoms with van der Waals surface area (Å²) in [5.74, 6) is 1.66. The second-order valence-electron chi connectivity index (χ2n) is 5.63. The predicted molar refractivity (Wildman–Crippen MR) is 98.1 cm³/mol. The number of rotatable bonds is 9. The number of nitrogens with one attached hydrogen (secondary N) is 2. The standard InChI is InChI=1S/C18H30N4O/c1-6-13-23-17-10-8-7-9-16(17)14-21-18(19-4)20-11-12-22(5)15(2)3/h6-10,15H,1,11-14H2,2-5H3,(H2,19,20,21). The predicted octanol–water partition coefficient (Wildman–Crippen LogP) is 2.26. The zero-order valence-electron chi connectivity index (χ0n) is 14.8. The minimum absolute atomic E-state index is 0.505. The summed E-state index contributed by atoms with van der Waals surface area (Å²) in [5, 5.41) is 6.65. The van der Waals surface area contributed by atoms with Gasteiger partial charge >= 0.3 is 0 Å². The monoisotopic (exact) mass is 318 g/mol. The van der Waals surface area contributed by atoms with E-state index in [4.69, 9.17) is 4.74 Å². The summed E-state index contributed by atoms with van der Waals surface area (Å²) in [4.78, 5) is 6.55. The molecule has 0 atom stereocenters. The molecule has 0 spiro atoms. The zero-order chi connectivity index (χ0) is 17.1. The van der Waals surface area contributed by atoms with E-state index in [1.165, 1.54) is 0 Å². The number of para-hydroxylation sites is 1. The van der Waals surface area contributed by atoms with Gasteiger partial charge in [0.2, 0.25) is 0 Å². The van der Waals surface area contributed by atoms with Crippen LogP contribution in [0.1, 0.15) is 19.4 Å². The first-order valence-corrected chi connectivity index (χ1v) is 8.04. The van der Waals surface area contributed by atoms with Crippen LogP contribution < -0.4 is 15.4 Å². The third kappa shape index (κ3) is 7.19. The molecule has 0 fully saturated rings. The van der Waals surface area contributed by atoms with Gasteiger partial charge in [-0.15, -0.1) is 0 Å². The van der Waals surface area contributed by atoms with E-state index in [-0.39, 0.29) is 0 Å². The highest BCUT2D eigenvalue weighted by Gasteiger charge is 2.05. The van der Waals surface area contributed by atoms with Gasteiger partial charge in [0.05, 0.1) is 0 Å². The minimum Gasteiger partial charge on any atom is -0.489 e. The van der Waals surface area contributed by atoms with Crippen molar-refractivity contribution >= 4 is 5.96 Å². The molecular weight excluding hydrogens is 288 g/mol. The maximum absolute atomic E-state index is 5.67. The Morgan fingerprint density at radius 3 is 2.74 bits per heavy atom. The highest BCUT2D eigenvalue weighted by molar-refractivity contribution is 5.79. The van der Waals surface area contributed by atoms with E-state index in [1.807, 2.05) is 24.3 Å². The topological polar surface area (TPSA) is 48.9 Å². The van der Waals surface area contributed by atoms with Crippen molar-refractivity contribution in [2.24, 2.45) is 4.99 Å². The number of ether oxygens (including phenoxy) is 1. The van der Waals surface area contributed by atoms with Crippen LogP contribution in [0, 0.1) is 0 Å². The van der Waals surface area contributed by atoms with E-state index < -0.39 is 0 Å². The number of aliphatic imine (C=N–C) groups is 1. The van der Waals surface area contributed by atoms with Crippen LogP contribution in [0.15, 0.2) is 41.9 Å². The number of guanidine groups is 1. The first kappa shape index (κ1) is 19.0. The van der Waals surface area contributed by atoms with Crippen LogP contribution >= 0.6 is 0 Å². The Balaban J connectivity index is 2.47. The van der Waals surface area contributed by atoms with Crippen LogP contribution in [0.2, 0.25) is 0 Å². The molecule has 0 bridgehead atoms. The normalized spacial score (nSPS) is 11.7. The molecule has 0 heterocycles. The van der Waals surface area contributed by atoms with Crippen LogP contribution in [0.4, 0.5) is 0 Å². The first-order chi connectivity index (χ1) is 11.1. The maximum atomic E-state index is 5.67. The summed E-state index contributed by atoms with van der Waals surface area (Å²) in [7, 11) is 3.90. The summed E-state index contributed by atoms with van der Waals surface area (Å²) in [5.41, 5.74) is 1.09. The molecule has 1 rings (SSSR count). The largest absolute Gasteiger partial charge is 0.489 e. The lowest BCUT2D eigenvalue weighted by Gasteiger charge is -2.21. The third-order valence-corrected chi connectivity index (χ3v) is 3.64. The molecule has 0 radical (unpaired) electrons. The molecule has 0 saturated heterocycles. The van der Waals surface area contributed by atoms with Crippen molar-refractivity contribution in [1.82, 2.24) is 15.5 Å². The van der Waals surface area contributed by atoms with Gasteiger partial charge < -0.3 is 20.3 Å². The van der Waals surface area contributed by atoms with Gasteiger partial charge in [-0.3, -0.25) is 4.99 Å². The fourth-order valence-electron chi connectivity index (χ4n) is 1.95. The molecule has 0 saturated carbocycles. The Bertz CT molecular complexity index is 500. The molecule has 0 aliphatic rings. The number of likely N-dealkylation sites (N-methyl/N-ethyl adjacent to an activating group) is 1. The minimum atomic E-state index is 0.505. The van der Waals surface area contributed by atoms with Gasteiger partial charge in [0.25, 0.3) is 0 Å². The van der Waals surface area contributed by atoms with Crippen molar-refractivity contribution in [3.05, 3.63) is 42.5 Å². The van der Waals surface area contributed by atoms with E-state index in [9.17, 15) is 0 Å². The molecule has 1 aromatic carbocycles. The van der Waals surface area contributed by atoms with E-state index in [2.05, 4.69) is 48.0 Å². The Kier molecular flexibility index (Phi) is 8.83. The molecule has 0 aliphatic heterocycles. The molecule has 0 unspecified atom stereocenters. The van der Waals surface area contributed by atoms with E-state index in [0.717, 1.165) is 30.4 Å². The Hall–Kier alpha value is -2.01. The maximum Gasteiger partial charge on any atom is 0.191 e. The molecule has 0 aliphatic carbocycles. The lowest BCUT2D eigenvalue weighted by Crippen LogP contribution is -2.41. The van der Waals surface area contributed by atoms with Crippen LogP contribution in [0.25, 0.3) is 0 Å². The fourth-order valence-corrected chi connectivity index (χ4v) is 1.95. The number of hydrogen-bond acceptors (Lipinski definition) is 3. The summed E-state index contributed by atoms with van der Waals surface area (Å²) in [6, 6.07) is 8.53. The zero-order valence-corrected chi connectivity index (χ0v) is 14.8. The van der Waals surface area contributed by atoms with Gasteiger partial charge in [0.1, 0.15) is 12.4 Å². The molecule has 2 N–H and O–H groups in total. The molecule has 0 amide bonds. The summed E-state index contributed by atoms with van der Waals surface area (Å²) in [6.45, 7) is 11.0. The smallest absolute Gasteiger partial charge is 0.191 e. The Labute approximate surface area is 140 Å². The van der Waals surface area contributed by atoms with Crippen molar-refractivity contribution in [3.63, 3.8) is 0 Å². The van der Waals surface area contributed by atoms with Crippen LogP contribution in [-0.4, -0.2) is 50.7 Å². The van der Waals surface area contributed by atoms with Crippen molar-refractivity contribution in [2.75, 3.05) is 33.8 Å². The fraction of sp³-hybridized carbons (Fsp3) is 0.500. The third-order valence-electron chi connectivity index (χ3n) is 3.64. The lowest BCUT2D eigenvalue weighted by atomic mass is 10.2. The van der Waals surface area contributed by atoms with Crippen LogP contribution in [0.3, 0.4) is 0 Å². The van der Waals surface area contributed by atoms with E-state index >= 15 is 0 Å². The Morgan fingerprint density at radius 2 is 2.09 bits per heavy atom. The number of benzene rings is 1. The highest BCUT2D eigenvalue weighted by atomic mass is 16.5. The van der Waals surface area contributed by atoms with E-state index in [0.29, 0.717) is 19.2 Å². The van der Waals surface area contributed by atoms with E-state index in [1.54, 1.807) is 13.1 Å². The van der Waals surface area contributed by atoms with Crippen molar-refractivity contribution in [3.8, 4) is 5.75 Å². The summed E-state index contributed by atoms with van der Waals surface area (Å²) >= 11 is 0. The summed E-state index contributed by atoms with van der Waals surface area (Å²) in [6.07, 6.45) is 1.75. The van der Waals surface area contributed by atoms with Gasteiger partial charge in [-0.1, -0.05) is 30.9 Å². The second-order valence-corrected chi connectivity index (χ2v) is 5.63. The quantitative estimate of drug-likeness (QED) is 0.416. The highest BCUT2D eigenvalue weighted by Crippen LogP contribution is 2.17. The van der Waals surface area contributed by atoms with Crippen molar-refractivity contribution < 1.29 is 4.74 Å². The van der Waals surface area contributed by atoms with Gasteiger partial charge in [-0.25, -0.2) is 0 Å². The van der Waals surface area contributed by atoms with Crippen molar-refractivity contribution in [1.29, 1.82) is 0 Å².